The smallest absolute Gasteiger partial charge is 0.259 e. The summed E-state index contributed by atoms with van der Waals surface area (Å²) >= 11 is 0. The lowest BCUT2D eigenvalue weighted by molar-refractivity contribution is -0.122. The first-order valence-electron chi connectivity index (χ1n) is 12.3. The van der Waals surface area contributed by atoms with Crippen LogP contribution in [-0.4, -0.2) is 54.8 Å². The Labute approximate surface area is 206 Å². The van der Waals surface area contributed by atoms with Crippen molar-refractivity contribution in [2.75, 3.05) is 33.4 Å². The molecule has 1 N–H and O–H groups in total. The van der Waals surface area contributed by atoms with Crippen molar-refractivity contribution >= 4 is 16.7 Å². The summed E-state index contributed by atoms with van der Waals surface area (Å²) in [5, 5.41) is 4.21. The van der Waals surface area contributed by atoms with E-state index in [0.29, 0.717) is 35.1 Å². The molecule has 7 heteroatoms. The van der Waals surface area contributed by atoms with Crippen molar-refractivity contribution in [1.82, 2.24) is 14.8 Å². The Morgan fingerprint density at radius 2 is 1.86 bits per heavy atom. The van der Waals surface area contributed by atoms with Crippen molar-refractivity contribution in [2.45, 2.75) is 39.8 Å². The van der Waals surface area contributed by atoms with Gasteiger partial charge in [-0.3, -0.25) is 14.2 Å². The highest BCUT2D eigenvalue weighted by Gasteiger charge is 2.18. The molecular formula is C28H35N3O4. The third-order valence-electron chi connectivity index (χ3n) is 6.25. The number of nitrogens with one attached hydrogen (secondary N) is 1. The molecule has 1 unspecified atom stereocenters. The zero-order chi connectivity index (χ0) is 24.9. The molecule has 35 heavy (non-hydrogen) atoms. The van der Waals surface area contributed by atoms with Crippen LogP contribution in [0.2, 0.25) is 0 Å². The van der Waals surface area contributed by atoms with E-state index in [1.54, 1.807) is 13.2 Å². The molecule has 1 aliphatic rings. The van der Waals surface area contributed by atoms with E-state index in [1.165, 1.54) is 24.1 Å². The first-order valence-corrected chi connectivity index (χ1v) is 12.3. The van der Waals surface area contributed by atoms with Crippen molar-refractivity contribution in [3.05, 3.63) is 58.9 Å². The molecule has 0 saturated carbocycles. The maximum Gasteiger partial charge on any atom is 0.259 e. The second-order valence-electron chi connectivity index (χ2n) is 9.69. The van der Waals surface area contributed by atoms with E-state index in [-0.39, 0.29) is 24.1 Å². The SMILES string of the molecule is COc1cccc(-c2cc3ccc(OCC(C)CN4CCC4)cc3c(=O)n2CC(=O)NC(C)C)c1. The van der Waals surface area contributed by atoms with Crippen molar-refractivity contribution < 1.29 is 14.3 Å². The van der Waals surface area contributed by atoms with Crippen LogP contribution in [0.1, 0.15) is 27.2 Å². The number of rotatable bonds is 10. The summed E-state index contributed by atoms with van der Waals surface area (Å²) in [6, 6.07) is 15.1. The van der Waals surface area contributed by atoms with Gasteiger partial charge in [0.25, 0.3) is 5.56 Å². The van der Waals surface area contributed by atoms with Crippen molar-refractivity contribution in [1.29, 1.82) is 0 Å². The normalized spacial score (nSPS) is 14.5. The van der Waals surface area contributed by atoms with Crippen LogP contribution in [0.15, 0.2) is 53.3 Å². The first-order chi connectivity index (χ1) is 16.8. The summed E-state index contributed by atoms with van der Waals surface area (Å²) in [5.74, 6) is 1.54. The van der Waals surface area contributed by atoms with Crippen LogP contribution >= 0.6 is 0 Å². The van der Waals surface area contributed by atoms with Crippen LogP contribution in [0.25, 0.3) is 22.0 Å². The molecule has 1 saturated heterocycles. The predicted molar refractivity (Wildman–Crippen MR) is 139 cm³/mol. The van der Waals surface area contributed by atoms with Crippen LogP contribution in [0.4, 0.5) is 0 Å². The molecule has 2 aromatic carbocycles. The number of fused-ring (bicyclic) bond motifs is 1. The molecule has 0 bridgehead atoms. The van der Waals surface area contributed by atoms with Gasteiger partial charge >= 0.3 is 0 Å². The number of pyridine rings is 1. The predicted octanol–water partition coefficient (Wildman–Crippen LogP) is 3.92. The number of aromatic nitrogens is 1. The monoisotopic (exact) mass is 477 g/mol. The van der Waals surface area contributed by atoms with Crippen LogP contribution in [-0.2, 0) is 11.3 Å². The highest BCUT2D eigenvalue weighted by Crippen LogP contribution is 2.27. The van der Waals surface area contributed by atoms with Crippen LogP contribution < -0.4 is 20.3 Å². The molecule has 2 heterocycles. The Hall–Kier alpha value is -3.32. The maximum absolute atomic E-state index is 13.7. The number of carbonyl (C=O) groups excluding carboxylic acids is 1. The fourth-order valence-electron chi connectivity index (χ4n) is 4.40. The average Bonchev–Trinajstić information content (AvgIpc) is 2.81. The summed E-state index contributed by atoms with van der Waals surface area (Å²) in [7, 11) is 1.61. The Kier molecular flexibility index (Phi) is 7.76. The van der Waals surface area contributed by atoms with Crippen LogP contribution in [0, 0.1) is 5.92 Å². The van der Waals surface area contributed by atoms with Gasteiger partial charge in [-0.1, -0.05) is 25.1 Å². The van der Waals surface area contributed by atoms with Gasteiger partial charge in [0.15, 0.2) is 0 Å². The van der Waals surface area contributed by atoms with E-state index in [4.69, 9.17) is 9.47 Å². The maximum atomic E-state index is 13.7. The zero-order valence-corrected chi connectivity index (χ0v) is 21.0. The molecular weight excluding hydrogens is 442 g/mol. The van der Waals surface area contributed by atoms with E-state index in [0.717, 1.165) is 17.5 Å². The van der Waals surface area contributed by atoms with Crippen LogP contribution in [0.5, 0.6) is 11.5 Å². The molecule has 1 amide bonds. The first kappa shape index (κ1) is 24.8. The number of benzene rings is 2. The topological polar surface area (TPSA) is 72.8 Å². The lowest BCUT2D eigenvalue weighted by Gasteiger charge is -2.32. The molecule has 1 aliphatic heterocycles. The zero-order valence-electron chi connectivity index (χ0n) is 21.0. The standard InChI is InChI=1S/C28H35N3O4/c1-19(2)29-27(32)17-31-26(22-7-5-8-23(13-22)34-4)14-21-9-10-24(15-25(21)28(31)33)35-18-20(3)16-30-11-6-12-30/h5,7-10,13-15,19-20H,6,11-12,16-18H2,1-4H3,(H,29,32). The number of hydrogen-bond acceptors (Lipinski definition) is 5. The van der Waals surface area contributed by atoms with Gasteiger partial charge < -0.3 is 19.7 Å². The van der Waals surface area contributed by atoms with Gasteiger partial charge in [-0.25, -0.2) is 0 Å². The molecule has 0 spiro atoms. The van der Waals surface area contributed by atoms with E-state index in [1.807, 2.05) is 56.3 Å². The van der Waals surface area contributed by atoms with E-state index >= 15 is 0 Å². The third-order valence-corrected chi connectivity index (χ3v) is 6.25. The van der Waals surface area contributed by atoms with Gasteiger partial charge in [0, 0.05) is 24.1 Å². The van der Waals surface area contributed by atoms with Gasteiger partial charge in [0.2, 0.25) is 5.91 Å². The highest BCUT2D eigenvalue weighted by atomic mass is 16.5. The lowest BCUT2D eigenvalue weighted by Crippen LogP contribution is -2.41. The van der Waals surface area contributed by atoms with E-state index in [2.05, 4.69) is 17.1 Å². The van der Waals surface area contributed by atoms with Crippen molar-refractivity contribution in [3.63, 3.8) is 0 Å². The Morgan fingerprint density at radius 1 is 1.06 bits per heavy atom. The van der Waals surface area contributed by atoms with Gasteiger partial charge in [0.1, 0.15) is 18.0 Å². The second-order valence-corrected chi connectivity index (χ2v) is 9.69. The molecule has 1 fully saturated rings. The largest absolute Gasteiger partial charge is 0.497 e. The fourth-order valence-corrected chi connectivity index (χ4v) is 4.40. The van der Waals surface area contributed by atoms with Crippen LogP contribution in [0.3, 0.4) is 0 Å². The van der Waals surface area contributed by atoms with Gasteiger partial charge in [-0.15, -0.1) is 0 Å². The minimum Gasteiger partial charge on any atom is -0.497 e. The molecule has 1 atom stereocenters. The average molecular weight is 478 g/mol. The number of ether oxygens (including phenoxy) is 2. The lowest BCUT2D eigenvalue weighted by atomic mass is 10.1. The number of carbonyl (C=O) groups is 1. The molecule has 0 aliphatic carbocycles. The fraction of sp³-hybridized carbons (Fsp3) is 0.429. The summed E-state index contributed by atoms with van der Waals surface area (Å²) < 4.78 is 13.0. The van der Waals surface area contributed by atoms with Gasteiger partial charge in [0.05, 0.1) is 24.8 Å². The van der Waals surface area contributed by atoms with E-state index in [9.17, 15) is 9.59 Å². The number of hydrogen-bond donors (Lipinski definition) is 1. The Morgan fingerprint density at radius 3 is 2.54 bits per heavy atom. The number of likely N-dealkylation sites (tertiary alicyclic amines) is 1. The second kappa shape index (κ2) is 11.0. The van der Waals surface area contributed by atoms with Crippen molar-refractivity contribution in [2.24, 2.45) is 5.92 Å². The number of amides is 1. The highest BCUT2D eigenvalue weighted by molar-refractivity contribution is 5.87. The quantitative estimate of drug-likeness (QED) is 0.479. The Balaban J connectivity index is 1.68. The van der Waals surface area contributed by atoms with Crippen molar-refractivity contribution in [3.8, 4) is 22.8 Å². The number of nitrogens with zero attached hydrogens (tertiary/aromatic N) is 2. The molecule has 186 valence electrons. The van der Waals surface area contributed by atoms with Gasteiger partial charge in [-0.05, 0) is 69.1 Å². The molecule has 4 rings (SSSR count). The summed E-state index contributed by atoms with van der Waals surface area (Å²) in [6.07, 6.45) is 1.28. The molecule has 1 aromatic heterocycles. The van der Waals surface area contributed by atoms with E-state index < -0.39 is 0 Å². The minimum absolute atomic E-state index is 0.0165. The summed E-state index contributed by atoms with van der Waals surface area (Å²) in [6.45, 7) is 9.86. The molecule has 7 nitrogen and oxygen atoms in total. The number of methoxy groups -OCH3 is 1. The van der Waals surface area contributed by atoms with Gasteiger partial charge in [-0.2, -0.15) is 0 Å². The Bertz CT molecular complexity index is 1250. The summed E-state index contributed by atoms with van der Waals surface area (Å²) in [4.78, 5) is 28.8. The summed E-state index contributed by atoms with van der Waals surface area (Å²) in [5.41, 5.74) is 1.25. The molecule has 0 radical (unpaired) electrons. The minimum atomic E-state index is -0.224. The third kappa shape index (κ3) is 6.03. The molecule has 3 aromatic rings.